The molecule has 0 fully saturated rings. The minimum absolute atomic E-state index is 0.225. The SMILES string of the molecule is CCCCCCCCc1ccc(CCC(=O)N[C@H](CO)COP(=O)(O)O)cc1. The maximum absolute atomic E-state index is 12.0. The molecule has 160 valence electrons. The highest BCUT2D eigenvalue weighted by Crippen LogP contribution is 2.35. The Hall–Kier alpha value is -1.24. The van der Waals surface area contributed by atoms with Gasteiger partial charge in [-0.3, -0.25) is 9.32 Å². The van der Waals surface area contributed by atoms with Crippen molar-refractivity contribution < 1.29 is 28.8 Å². The number of phosphoric acid groups is 1. The molecule has 8 heteroatoms. The van der Waals surface area contributed by atoms with Gasteiger partial charge in [0.2, 0.25) is 5.91 Å². The lowest BCUT2D eigenvalue weighted by molar-refractivity contribution is -0.122. The molecule has 4 N–H and O–H groups in total. The van der Waals surface area contributed by atoms with Crippen LogP contribution in [0.1, 0.15) is 63.0 Å². The average Bonchev–Trinajstić information content (AvgIpc) is 2.66. The summed E-state index contributed by atoms with van der Waals surface area (Å²) in [5.74, 6) is -0.301. The van der Waals surface area contributed by atoms with Gasteiger partial charge in [0.05, 0.1) is 19.3 Å². The number of hydrogen-bond donors (Lipinski definition) is 4. The van der Waals surface area contributed by atoms with E-state index in [0.29, 0.717) is 6.42 Å². The Labute approximate surface area is 167 Å². The molecule has 7 nitrogen and oxygen atoms in total. The summed E-state index contributed by atoms with van der Waals surface area (Å²) in [5, 5.41) is 11.7. The zero-order valence-corrected chi connectivity index (χ0v) is 17.6. The number of aryl methyl sites for hydroxylation is 2. The molecular weight excluding hydrogens is 381 g/mol. The molecular formula is C20H34NO6P. The van der Waals surface area contributed by atoms with Gasteiger partial charge in [-0.2, -0.15) is 0 Å². The van der Waals surface area contributed by atoms with E-state index in [1.807, 2.05) is 12.1 Å². The Morgan fingerprint density at radius 3 is 2.18 bits per heavy atom. The van der Waals surface area contributed by atoms with Crippen molar-refractivity contribution in [3.8, 4) is 0 Å². The highest BCUT2D eigenvalue weighted by molar-refractivity contribution is 7.46. The third kappa shape index (κ3) is 12.3. The first-order chi connectivity index (χ1) is 13.3. The molecule has 0 aliphatic carbocycles. The third-order valence-corrected chi connectivity index (χ3v) is 5.00. The molecule has 0 aromatic heterocycles. The molecule has 0 bridgehead atoms. The zero-order valence-electron chi connectivity index (χ0n) is 16.7. The van der Waals surface area contributed by atoms with Gasteiger partial charge in [0.15, 0.2) is 0 Å². The van der Waals surface area contributed by atoms with Crippen LogP contribution in [0.4, 0.5) is 0 Å². The van der Waals surface area contributed by atoms with Crippen LogP contribution in [0.3, 0.4) is 0 Å². The van der Waals surface area contributed by atoms with E-state index in [-0.39, 0.29) is 12.3 Å². The number of nitrogens with one attached hydrogen (secondary N) is 1. The van der Waals surface area contributed by atoms with Crippen molar-refractivity contribution in [1.82, 2.24) is 5.32 Å². The number of aliphatic hydroxyl groups excluding tert-OH is 1. The maximum Gasteiger partial charge on any atom is 0.469 e. The molecule has 0 saturated carbocycles. The molecule has 1 atom stereocenters. The first-order valence-corrected chi connectivity index (χ1v) is 11.5. The van der Waals surface area contributed by atoms with Crippen LogP contribution in [0, 0.1) is 0 Å². The standard InChI is InChI=1S/C20H34NO6P/c1-2-3-4-5-6-7-8-17-9-11-18(12-10-17)13-14-20(23)21-19(15-22)16-27-28(24,25)26/h9-12,19,22H,2-8,13-16H2,1H3,(H,21,23)(H2,24,25,26)/t19-/m1/s1. The van der Waals surface area contributed by atoms with Crippen molar-refractivity contribution in [2.24, 2.45) is 0 Å². The summed E-state index contributed by atoms with van der Waals surface area (Å²) < 4.78 is 15.0. The number of aliphatic hydroxyl groups is 1. The Bertz CT molecular complexity index is 601. The molecule has 0 aliphatic heterocycles. The van der Waals surface area contributed by atoms with Gasteiger partial charge in [-0.1, -0.05) is 63.3 Å². The lowest BCUT2D eigenvalue weighted by Crippen LogP contribution is -2.40. The van der Waals surface area contributed by atoms with E-state index in [1.54, 1.807) is 0 Å². The maximum atomic E-state index is 12.0. The van der Waals surface area contributed by atoms with Crippen LogP contribution in [0.5, 0.6) is 0 Å². The number of carbonyl (C=O) groups is 1. The van der Waals surface area contributed by atoms with Crippen LogP contribution in [0.25, 0.3) is 0 Å². The van der Waals surface area contributed by atoms with Crippen molar-refractivity contribution in [2.45, 2.75) is 70.8 Å². The first kappa shape index (κ1) is 24.8. The highest BCUT2D eigenvalue weighted by Gasteiger charge is 2.19. The summed E-state index contributed by atoms with van der Waals surface area (Å²) in [7, 11) is -4.62. The number of rotatable bonds is 15. The van der Waals surface area contributed by atoms with Crippen molar-refractivity contribution >= 4 is 13.7 Å². The van der Waals surface area contributed by atoms with Crippen molar-refractivity contribution in [1.29, 1.82) is 0 Å². The molecule has 0 unspecified atom stereocenters. The summed E-state index contributed by atoms with van der Waals surface area (Å²) in [5.41, 5.74) is 2.35. The van der Waals surface area contributed by atoms with Crippen LogP contribution < -0.4 is 5.32 Å². The monoisotopic (exact) mass is 415 g/mol. The number of hydrogen-bond acceptors (Lipinski definition) is 4. The van der Waals surface area contributed by atoms with Gasteiger partial charge in [-0.05, 0) is 30.4 Å². The topological polar surface area (TPSA) is 116 Å². The van der Waals surface area contributed by atoms with E-state index >= 15 is 0 Å². The summed E-state index contributed by atoms with van der Waals surface area (Å²) in [4.78, 5) is 29.3. The zero-order chi connectivity index (χ0) is 20.8. The van der Waals surface area contributed by atoms with E-state index < -0.39 is 27.1 Å². The van der Waals surface area contributed by atoms with E-state index in [1.165, 1.54) is 44.1 Å². The van der Waals surface area contributed by atoms with Crippen LogP contribution in [0.2, 0.25) is 0 Å². The van der Waals surface area contributed by atoms with Gasteiger partial charge in [0.25, 0.3) is 0 Å². The number of carbonyl (C=O) groups excluding carboxylic acids is 1. The van der Waals surface area contributed by atoms with Crippen LogP contribution >= 0.6 is 7.82 Å². The lowest BCUT2D eigenvalue weighted by atomic mass is 10.0. The van der Waals surface area contributed by atoms with E-state index in [9.17, 15) is 14.5 Å². The highest BCUT2D eigenvalue weighted by atomic mass is 31.2. The van der Waals surface area contributed by atoms with E-state index in [0.717, 1.165) is 12.0 Å². The minimum atomic E-state index is -4.62. The average molecular weight is 415 g/mol. The Morgan fingerprint density at radius 1 is 1.04 bits per heavy atom. The van der Waals surface area contributed by atoms with Gasteiger partial charge in [-0.15, -0.1) is 0 Å². The molecule has 0 radical (unpaired) electrons. The largest absolute Gasteiger partial charge is 0.469 e. The smallest absolute Gasteiger partial charge is 0.394 e. The summed E-state index contributed by atoms with van der Waals surface area (Å²) in [6.45, 7) is 1.32. The molecule has 1 amide bonds. The fraction of sp³-hybridized carbons (Fsp3) is 0.650. The molecule has 1 aromatic rings. The van der Waals surface area contributed by atoms with Crippen LogP contribution in [0.15, 0.2) is 24.3 Å². The molecule has 0 spiro atoms. The minimum Gasteiger partial charge on any atom is -0.394 e. The molecule has 1 rings (SSSR count). The van der Waals surface area contributed by atoms with Crippen molar-refractivity contribution in [2.75, 3.05) is 13.2 Å². The van der Waals surface area contributed by atoms with E-state index in [4.69, 9.17) is 9.79 Å². The van der Waals surface area contributed by atoms with Gasteiger partial charge >= 0.3 is 7.82 Å². The van der Waals surface area contributed by atoms with Crippen LogP contribution in [-0.4, -0.2) is 40.1 Å². The number of benzene rings is 1. The first-order valence-electron chi connectivity index (χ1n) is 10.0. The predicted molar refractivity (Wildman–Crippen MR) is 109 cm³/mol. The van der Waals surface area contributed by atoms with Crippen molar-refractivity contribution in [3.05, 3.63) is 35.4 Å². The van der Waals surface area contributed by atoms with Gasteiger partial charge in [-0.25, -0.2) is 4.57 Å². The predicted octanol–water partition coefficient (Wildman–Crippen LogP) is 3.11. The van der Waals surface area contributed by atoms with Gasteiger partial charge < -0.3 is 20.2 Å². The third-order valence-electron chi connectivity index (χ3n) is 4.51. The fourth-order valence-electron chi connectivity index (χ4n) is 2.87. The van der Waals surface area contributed by atoms with Crippen molar-refractivity contribution in [3.63, 3.8) is 0 Å². The second kappa shape index (κ2) is 13.9. The van der Waals surface area contributed by atoms with Gasteiger partial charge in [0, 0.05) is 6.42 Å². The number of amides is 1. The number of unbranched alkanes of at least 4 members (excludes halogenated alkanes) is 5. The molecule has 1 aromatic carbocycles. The molecule has 0 heterocycles. The van der Waals surface area contributed by atoms with E-state index in [2.05, 4.69) is 28.9 Å². The fourth-order valence-corrected chi connectivity index (χ4v) is 3.24. The Balaban J connectivity index is 2.28. The Kier molecular flexibility index (Phi) is 12.3. The number of phosphoric ester groups is 1. The normalized spacial score (nSPS) is 12.7. The van der Waals surface area contributed by atoms with Gasteiger partial charge in [0.1, 0.15) is 0 Å². The second-order valence-electron chi connectivity index (χ2n) is 7.07. The summed E-state index contributed by atoms with van der Waals surface area (Å²) in [6.07, 6.45) is 9.52. The Morgan fingerprint density at radius 2 is 1.61 bits per heavy atom. The molecule has 28 heavy (non-hydrogen) atoms. The molecule has 0 aliphatic rings. The lowest BCUT2D eigenvalue weighted by Gasteiger charge is -2.16. The quantitative estimate of drug-likeness (QED) is 0.258. The summed E-state index contributed by atoms with van der Waals surface area (Å²) >= 11 is 0. The van der Waals surface area contributed by atoms with Crippen LogP contribution in [-0.2, 0) is 26.7 Å². The summed E-state index contributed by atoms with van der Waals surface area (Å²) in [6, 6.07) is 7.41. The second-order valence-corrected chi connectivity index (χ2v) is 8.31. The molecule has 0 saturated heterocycles.